The fourth-order valence-electron chi connectivity index (χ4n) is 2.67. The van der Waals surface area contributed by atoms with E-state index in [4.69, 9.17) is 4.74 Å². The van der Waals surface area contributed by atoms with Crippen LogP contribution >= 0.6 is 17.0 Å². The zero-order valence-corrected chi connectivity index (χ0v) is 17.5. The van der Waals surface area contributed by atoms with Crippen molar-refractivity contribution in [2.45, 2.75) is 6.54 Å². The second-order valence-electron chi connectivity index (χ2n) is 6.43. The Labute approximate surface area is 169 Å². The number of halogens is 1. The summed E-state index contributed by atoms with van der Waals surface area (Å²) >= 11 is 0. The van der Waals surface area contributed by atoms with E-state index in [2.05, 4.69) is 5.10 Å². The van der Waals surface area contributed by atoms with Crippen molar-refractivity contribution in [3.63, 3.8) is 0 Å². The number of nitrogens with zero attached hydrogens (tertiary/aromatic N) is 3. The maximum Gasteiger partial charge on any atom is 0.274 e. The van der Waals surface area contributed by atoms with Crippen molar-refractivity contribution >= 4 is 39.9 Å². The van der Waals surface area contributed by atoms with E-state index in [-0.39, 0.29) is 22.5 Å². The van der Waals surface area contributed by atoms with Crippen molar-refractivity contribution in [3.05, 3.63) is 70.1 Å². The smallest absolute Gasteiger partial charge is 0.274 e. The third-order valence-electron chi connectivity index (χ3n) is 4.22. The SMILES string of the molecule is Br.COc1ccc(/C=C/c2ccc3c(=O)n(CCN(C)C)ncc3c2)cc1. The molecule has 0 saturated carbocycles. The number of aromatic nitrogens is 2. The minimum Gasteiger partial charge on any atom is -0.497 e. The average molecular weight is 430 g/mol. The molecule has 0 bridgehead atoms. The van der Waals surface area contributed by atoms with Gasteiger partial charge in [0.25, 0.3) is 5.56 Å². The molecule has 0 amide bonds. The monoisotopic (exact) mass is 429 g/mol. The van der Waals surface area contributed by atoms with Crippen molar-refractivity contribution in [2.24, 2.45) is 0 Å². The van der Waals surface area contributed by atoms with Crippen LogP contribution in [-0.4, -0.2) is 42.4 Å². The first-order chi connectivity index (χ1) is 12.6. The number of methoxy groups -OCH3 is 1. The molecular formula is C21H24BrN3O2. The van der Waals surface area contributed by atoms with Crippen LogP contribution in [0.1, 0.15) is 11.1 Å². The summed E-state index contributed by atoms with van der Waals surface area (Å²) in [6.07, 6.45) is 5.82. The molecule has 27 heavy (non-hydrogen) atoms. The van der Waals surface area contributed by atoms with Gasteiger partial charge in [-0.3, -0.25) is 4.79 Å². The lowest BCUT2D eigenvalue weighted by Gasteiger charge is -2.10. The van der Waals surface area contributed by atoms with Gasteiger partial charge in [-0.2, -0.15) is 5.10 Å². The van der Waals surface area contributed by atoms with Gasteiger partial charge in [0.2, 0.25) is 0 Å². The molecular weight excluding hydrogens is 406 g/mol. The molecule has 0 aliphatic heterocycles. The van der Waals surface area contributed by atoms with Gasteiger partial charge in [-0.25, -0.2) is 4.68 Å². The standard InChI is InChI=1S/C21H23N3O2.BrH/c1-23(2)12-13-24-21(25)20-11-8-17(14-18(20)15-22-24)5-4-16-6-9-19(26-3)10-7-16;/h4-11,14-15H,12-13H2,1-3H3;1H/b5-4+;. The molecule has 5 nitrogen and oxygen atoms in total. The Balaban J connectivity index is 0.00000261. The van der Waals surface area contributed by atoms with Crippen LogP contribution in [0.25, 0.3) is 22.9 Å². The maximum absolute atomic E-state index is 12.5. The highest BCUT2D eigenvalue weighted by molar-refractivity contribution is 8.93. The molecule has 0 unspecified atom stereocenters. The molecule has 2 aromatic carbocycles. The van der Waals surface area contributed by atoms with Gasteiger partial charge in [-0.05, 0) is 49.5 Å². The van der Waals surface area contributed by atoms with E-state index < -0.39 is 0 Å². The first-order valence-corrected chi connectivity index (χ1v) is 8.53. The minimum atomic E-state index is -0.0463. The fourth-order valence-corrected chi connectivity index (χ4v) is 2.67. The van der Waals surface area contributed by atoms with Crippen LogP contribution in [0.3, 0.4) is 0 Å². The number of benzene rings is 2. The van der Waals surface area contributed by atoms with E-state index in [0.717, 1.165) is 28.8 Å². The number of hydrogen-bond donors (Lipinski definition) is 0. The molecule has 1 aromatic heterocycles. The van der Waals surface area contributed by atoms with E-state index in [9.17, 15) is 4.79 Å². The first-order valence-electron chi connectivity index (χ1n) is 8.53. The van der Waals surface area contributed by atoms with Crippen LogP contribution in [0.15, 0.2) is 53.5 Å². The van der Waals surface area contributed by atoms with Crippen LogP contribution in [0.5, 0.6) is 5.75 Å². The highest BCUT2D eigenvalue weighted by atomic mass is 79.9. The lowest BCUT2D eigenvalue weighted by Crippen LogP contribution is -2.28. The van der Waals surface area contributed by atoms with E-state index in [1.54, 1.807) is 13.3 Å². The fraction of sp³-hybridized carbons (Fsp3) is 0.238. The molecule has 142 valence electrons. The van der Waals surface area contributed by atoms with Crippen LogP contribution in [-0.2, 0) is 6.54 Å². The molecule has 3 aromatic rings. The van der Waals surface area contributed by atoms with Crippen molar-refractivity contribution in [3.8, 4) is 5.75 Å². The van der Waals surface area contributed by atoms with Crippen molar-refractivity contribution < 1.29 is 4.74 Å². The molecule has 0 aliphatic carbocycles. The van der Waals surface area contributed by atoms with Crippen LogP contribution in [0, 0.1) is 0 Å². The Bertz CT molecular complexity index is 979. The molecule has 0 saturated heterocycles. The van der Waals surface area contributed by atoms with Crippen molar-refractivity contribution in [2.75, 3.05) is 27.7 Å². The molecule has 0 fully saturated rings. The summed E-state index contributed by atoms with van der Waals surface area (Å²) in [5.41, 5.74) is 2.07. The molecule has 0 atom stereocenters. The maximum atomic E-state index is 12.5. The third-order valence-corrected chi connectivity index (χ3v) is 4.22. The predicted octanol–water partition coefficient (Wildman–Crippen LogP) is 3.72. The molecule has 6 heteroatoms. The van der Waals surface area contributed by atoms with Crippen LogP contribution in [0.2, 0.25) is 0 Å². The van der Waals surface area contributed by atoms with Gasteiger partial charge in [-0.1, -0.05) is 30.4 Å². The van der Waals surface area contributed by atoms with Gasteiger partial charge < -0.3 is 9.64 Å². The Hall–Kier alpha value is -2.44. The Morgan fingerprint density at radius 2 is 1.74 bits per heavy atom. The Kier molecular flexibility index (Phi) is 7.33. The van der Waals surface area contributed by atoms with Crippen LogP contribution < -0.4 is 10.3 Å². The van der Waals surface area contributed by atoms with E-state index in [0.29, 0.717) is 11.9 Å². The molecule has 1 heterocycles. The number of fused-ring (bicyclic) bond motifs is 1. The average Bonchev–Trinajstić information content (AvgIpc) is 2.66. The number of likely N-dealkylation sites (N-methyl/N-ethyl adjacent to an activating group) is 1. The summed E-state index contributed by atoms with van der Waals surface area (Å²) in [5, 5.41) is 5.85. The number of rotatable bonds is 6. The summed E-state index contributed by atoms with van der Waals surface area (Å²) in [7, 11) is 5.61. The van der Waals surface area contributed by atoms with Gasteiger partial charge in [0.05, 0.1) is 25.2 Å². The highest BCUT2D eigenvalue weighted by Crippen LogP contribution is 2.16. The second kappa shape index (κ2) is 9.48. The summed E-state index contributed by atoms with van der Waals surface area (Å²) in [6.45, 7) is 1.36. The Morgan fingerprint density at radius 1 is 1.07 bits per heavy atom. The molecule has 0 N–H and O–H groups in total. The molecule has 0 radical (unpaired) electrons. The van der Waals surface area contributed by atoms with Gasteiger partial charge >= 0.3 is 0 Å². The van der Waals surface area contributed by atoms with Gasteiger partial charge in [0, 0.05) is 11.9 Å². The summed E-state index contributed by atoms with van der Waals surface area (Å²) in [6, 6.07) is 13.7. The van der Waals surface area contributed by atoms with Gasteiger partial charge in [0.15, 0.2) is 0 Å². The number of hydrogen-bond acceptors (Lipinski definition) is 4. The first kappa shape index (κ1) is 20.9. The van der Waals surface area contributed by atoms with Crippen LogP contribution in [0.4, 0.5) is 0 Å². The normalized spacial score (nSPS) is 11.1. The minimum absolute atomic E-state index is 0. The molecule has 3 rings (SSSR count). The summed E-state index contributed by atoms with van der Waals surface area (Å²) < 4.78 is 6.69. The van der Waals surface area contributed by atoms with Gasteiger partial charge in [0.1, 0.15) is 5.75 Å². The number of ether oxygens (including phenoxy) is 1. The molecule has 0 aliphatic rings. The Morgan fingerprint density at radius 3 is 2.41 bits per heavy atom. The quantitative estimate of drug-likeness (QED) is 0.560. The zero-order chi connectivity index (χ0) is 18.5. The summed E-state index contributed by atoms with van der Waals surface area (Å²) in [4.78, 5) is 14.6. The van der Waals surface area contributed by atoms with E-state index in [1.165, 1.54) is 4.68 Å². The largest absolute Gasteiger partial charge is 0.497 e. The summed E-state index contributed by atoms with van der Waals surface area (Å²) in [5.74, 6) is 0.837. The second-order valence-corrected chi connectivity index (χ2v) is 6.43. The lowest BCUT2D eigenvalue weighted by atomic mass is 10.1. The third kappa shape index (κ3) is 5.28. The van der Waals surface area contributed by atoms with E-state index >= 15 is 0 Å². The van der Waals surface area contributed by atoms with Crippen molar-refractivity contribution in [1.29, 1.82) is 0 Å². The zero-order valence-electron chi connectivity index (χ0n) is 15.8. The predicted molar refractivity (Wildman–Crippen MR) is 117 cm³/mol. The topological polar surface area (TPSA) is 47.4 Å². The van der Waals surface area contributed by atoms with Crippen molar-refractivity contribution in [1.82, 2.24) is 14.7 Å². The van der Waals surface area contributed by atoms with E-state index in [1.807, 2.05) is 73.6 Å². The molecule has 0 spiro atoms. The van der Waals surface area contributed by atoms with Gasteiger partial charge in [-0.15, -0.1) is 17.0 Å². The lowest BCUT2D eigenvalue weighted by molar-refractivity contribution is 0.368. The highest BCUT2D eigenvalue weighted by Gasteiger charge is 2.05.